The monoisotopic (exact) mass is 422 g/mol. The number of hydrogen-bond donors (Lipinski definition) is 0. The third-order valence-corrected chi connectivity index (χ3v) is 2.99. The Morgan fingerprint density at radius 3 is 1.35 bits per heavy atom. The highest BCUT2D eigenvalue weighted by Gasteiger charge is 2.90. The zero-order chi connectivity index (χ0) is 21.2. The molecule has 0 amide bonds. The average molecular weight is 422 g/mol. The summed E-state index contributed by atoms with van der Waals surface area (Å²) in [6, 6.07) is 0. The molecule has 0 saturated carbocycles. The molecule has 0 N–H and O–H groups in total. The van der Waals surface area contributed by atoms with Crippen molar-refractivity contribution in [2.75, 3.05) is 26.9 Å². The molecule has 158 valence electrons. The van der Waals surface area contributed by atoms with Crippen LogP contribution in [0.5, 0.6) is 0 Å². The van der Waals surface area contributed by atoms with E-state index in [4.69, 9.17) is 0 Å². The SMILES string of the molecule is COCCOCCC(F)(F)C(F)(F)C(F)(F)C(F)(F)C(F)(F)C(F)(F)F. The minimum absolute atomic E-state index is 0.256. The standard InChI is InChI=1S/C11H11F13O2/c1-25-4-5-26-3-2-6(12,13)7(14,15)8(16,17)9(18,19)10(20,21)11(22,23)24/h2-5H2,1H3. The molecule has 0 fully saturated rings. The summed E-state index contributed by atoms with van der Waals surface area (Å²) in [6.45, 7) is -2.19. The van der Waals surface area contributed by atoms with Crippen LogP contribution >= 0.6 is 0 Å². The Balaban J connectivity index is 5.64. The molecule has 0 atom stereocenters. The number of rotatable bonds is 10. The largest absolute Gasteiger partial charge is 0.460 e. The summed E-state index contributed by atoms with van der Waals surface area (Å²) >= 11 is 0. The third kappa shape index (κ3) is 4.12. The maximum Gasteiger partial charge on any atom is 0.460 e. The van der Waals surface area contributed by atoms with Crippen LogP contribution in [0.2, 0.25) is 0 Å². The minimum Gasteiger partial charge on any atom is -0.382 e. The van der Waals surface area contributed by atoms with E-state index >= 15 is 0 Å². The van der Waals surface area contributed by atoms with E-state index in [2.05, 4.69) is 9.47 Å². The number of methoxy groups -OCH3 is 1. The fourth-order valence-electron chi connectivity index (χ4n) is 1.40. The first-order chi connectivity index (χ1) is 11.3. The van der Waals surface area contributed by atoms with Gasteiger partial charge in [-0.2, -0.15) is 57.1 Å². The van der Waals surface area contributed by atoms with Crippen LogP contribution in [-0.2, 0) is 9.47 Å². The molecule has 0 rings (SSSR count). The normalized spacial score (nSPS) is 15.5. The predicted octanol–water partition coefficient (Wildman–Crippen LogP) is 4.78. The van der Waals surface area contributed by atoms with E-state index in [9.17, 15) is 57.1 Å². The van der Waals surface area contributed by atoms with E-state index in [1.54, 1.807) is 0 Å². The number of hydrogen-bond acceptors (Lipinski definition) is 2. The lowest BCUT2D eigenvalue weighted by Gasteiger charge is -2.39. The molecule has 2 nitrogen and oxygen atoms in total. The summed E-state index contributed by atoms with van der Waals surface area (Å²) in [4.78, 5) is 0. The van der Waals surface area contributed by atoms with Gasteiger partial charge in [0.1, 0.15) is 0 Å². The van der Waals surface area contributed by atoms with Gasteiger partial charge < -0.3 is 9.47 Å². The first-order valence-corrected chi connectivity index (χ1v) is 6.33. The van der Waals surface area contributed by atoms with Gasteiger partial charge in [0.25, 0.3) is 0 Å². The fourth-order valence-corrected chi connectivity index (χ4v) is 1.40. The molecule has 26 heavy (non-hydrogen) atoms. The van der Waals surface area contributed by atoms with Gasteiger partial charge in [-0.05, 0) is 0 Å². The highest BCUT2D eigenvalue weighted by Crippen LogP contribution is 2.60. The van der Waals surface area contributed by atoms with E-state index in [1.165, 1.54) is 0 Å². The maximum absolute atomic E-state index is 13.2. The molecule has 0 bridgehead atoms. The predicted molar refractivity (Wildman–Crippen MR) is 58.1 cm³/mol. The van der Waals surface area contributed by atoms with Gasteiger partial charge in [-0.1, -0.05) is 0 Å². The quantitative estimate of drug-likeness (QED) is 0.373. The molecule has 15 heteroatoms. The number of ether oxygens (including phenoxy) is 2. The molecule has 0 aromatic rings. The molecular formula is C11H11F13O2. The molecule has 0 aliphatic heterocycles. The molecule has 0 saturated heterocycles. The van der Waals surface area contributed by atoms with Crippen LogP contribution in [0.3, 0.4) is 0 Å². The summed E-state index contributed by atoms with van der Waals surface area (Å²) < 4.78 is 174. The van der Waals surface area contributed by atoms with Crippen molar-refractivity contribution in [1.82, 2.24) is 0 Å². The summed E-state index contributed by atoms with van der Waals surface area (Å²) in [6.07, 6.45) is -9.78. The van der Waals surface area contributed by atoms with Crippen LogP contribution < -0.4 is 0 Å². The Hall–Kier alpha value is -0.990. The van der Waals surface area contributed by atoms with Gasteiger partial charge in [-0.15, -0.1) is 0 Å². The summed E-state index contributed by atoms with van der Waals surface area (Å²) in [5.74, 6) is -36.7. The van der Waals surface area contributed by atoms with Gasteiger partial charge in [0.15, 0.2) is 0 Å². The number of alkyl halides is 13. The van der Waals surface area contributed by atoms with Gasteiger partial charge in [-0.25, -0.2) is 0 Å². The first-order valence-electron chi connectivity index (χ1n) is 6.33. The average Bonchev–Trinajstić information content (AvgIpc) is 2.44. The van der Waals surface area contributed by atoms with Gasteiger partial charge in [0.2, 0.25) is 0 Å². The first kappa shape index (κ1) is 25.0. The summed E-state index contributed by atoms with van der Waals surface area (Å²) in [5.41, 5.74) is 0. The van der Waals surface area contributed by atoms with Crippen LogP contribution in [-0.4, -0.2) is 62.7 Å². The second kappa shape index (κ2) is 7.56. The zero-order valence-electron chi connectivity index (χ0n) is 12.6. The van der Waals surface area contributed by atoms with Crippen LogP contribution in [0.1, 0.15) is 6.42 Å². The highest BCUT2D eigenvalue weighted by atomic mass is 19.4. The molecule has 0 aliphatic rings. The van der Waals surface area contributed by atoms with Crippen LogP contribution in [0.4, 0.5) is 57.1 Å². The van der Waals surface area contributed by atoms with Gasteiger partial charge in [0, 0.05) is 13.5 Å². The smallest absolute Gasteiger partial charge is 0.382 e. The molecule has 0 aromatic heterocycles. The Labute approximate surface area is 137 Å². The van der Waals surface area contributed by atoms with Crippen LogP contribution in [0.15, 0.2) is 0 Å². The fraction of sp³-hybridized carbons (Fsp3) is 1.00. The molecule has 0 unspecified atom stereocenters. The minimum atomic E-state index is -7.87. The van der Waals surface area contributed by atoms with Gasteiger partial charge in [-0.3, -0.25) is 0 Å². The third-order valence-electron chi connectivity index (χ3n) is 2.99. The maximum atomic E-state index is 13.2. The second-order valence-corrected chi connectivity index (χ2v) is 4.85. The van der Waals surface area contributed by atoms with E-state index in [0.29, 0.717) is 0 Å². The second-order valence-electron chi connectivity index (χ2n) is 4.85. The van der Waals surface area contributed by atoms with Crippen molar-refractivity contribution < 1.29 is 66.5 Å². The molecule has 0 radical (unpaired) electrons. The van der Waals surface area contributed by atoms with Gasteiger partial charge >= 0.3 is 35.8 Å². The molecule has 0 aliphatic carbocycles. The molecule has 0 heterocycles. The topological polar surface area (TPSA) is 18.5 Å². The Morgan fingerprint density at radius 1 is 0.538 bits per heavy atom. The Kier molecular flexibility index (Phi) is 7.27. The van der Waals surface area contributed by atoms with E-state index in [0.717, 1.165) is 7.11 Å². The molecule has 0 aromatic carbocycles. The van der Waals surface area contributed by atoms with Gasteiger partial charge in [0.05, 0.1) is 19.8 Å². The molecule has 0 spiro atoms. The van der Waals surface area contributed by atoms with Crippen molar-refractivity contribution in [2.45, 2.75) is 42.2 Å². The Morgan fingerprint density at radius 2 is 0.962 bits per heavy atom. The van der Waals surface area contributed by atoms with E-state index in [1.807, 2.05) is 0 Å². The van der Waals surface area contributed by atoms with Crippen LogP contribution in [0, 0.1) is 0 Å². The summed E-state index contributed by atoms with van der Waals surface area (Å²) in [5, 5.41) is 0. The van der Waals surface area contributed by atoms with Crippen molar-refractivity contribution in [2.24, 2.45) is 0 Å². The Bertz CT molecular complexity index is 457. The van der Waals surface area contributed by atoms with E-state index < -0.39 is 55.4 Å². The molecular weight excluding hydrogens is 411 g/mol. The van der Waals surface area contributed by atoms with Crippen molar-refractivity contribution in [3.63, 3.8) is 0 Å². The lowest BCUT2D eigenvalue weighted by Crippen LogP contribution is -2.70. The number of halogens is 13. The van der Waals surface area contributed by atoms with Crippen LogP contribution in [0.25, 0.3) is 0 Å². The highest BCUT2D eigenvalue weighted by molar-refractivity contribution is 5.10. The van der Waals surface area contributed by atoms with Crippen molar-refractivity contribution >= 4 is 0 Å². The van der Waals surface area contributed by atoms with Crippen molar-refractivity contribution in [3.8, 4) is 0 Å². The summed E-state index contributed by atoms with van der Waals surface area (Å²) in [7, 11) is 1.11. The lowest BCUT2D eigenvalue weighted by atomic mass is 9.93. The van der Waals surface area contributed by atoms with Crippen molar-refractivity contribution in [1.29, 1.82) is 0 Å². The van der Waals surface area contributed by atoms with E-state index in [-0.39, 0.29) is 6.61 Å². The van der Waals surface area contributed by atoms with Crippen molar-refractivity contribution in [3.05, 3.63) is 0 Å². The zero-order valence-corrected chi connectivity index (χ0v) is 12.6. The lowest BCUT2D eigenvalue weighted by molar-refractivity contribution is -0.440.